The van der Waals surface area contributed by atoms with Gasteiger partial charge in [-0.25, -0.2) is 20.2 Å². The molecule has 202 valence electrons. The first-order valence-corrected chi connectivity index (χ1v) is 13.0. The van der Waals surface area contributed by atoms with Crippen LogP contribution in [0.1, 0.15) is 33.4 Å². The first kappa shape index (κ1) is 27.0. The Bertz CT molecular complexity index is 2100. The summed E-state index contributed by atoms with van der Waals surface area (Å²) >= 11 is 0. The van der Waals surface area contributed by atoms with Crippen LogP contribution in [-0.4, -0.2) is 0 Å². The molecular formula is C36H17F3N4. The summed E-state index contributed by atoms with van der Waals surface area (Å²) in [4.78, 5) is 7.04. The molecule has 2 aliphatic rings. The van der Waals surface area contributed by atoms with Gasteiger partial charge in [0.05, 0.1) is 30.8 Å². The number of alkyl halides is 3. The van der Waals surface area contributed by atoms with E-state index in [0.717, 1.165) is 28.8 Å². The SMILES string of the molecule is [C-]#[N+]/C(C#N)=C1C2=C(/C(=C(\C#N)[N+]#[C-])c3ccc(-c4ccc(C)cc4)cc32)c2cc(-c3ccc(C(F)(F)F)cc3)ccc2\1. The average Bonchev–Trinajstić information content (AvgIpc) is 3.51. The zero-order valence-electron chi connectivity index (χ0n) is 22.5. The van der Waals surface area contributed by atoms with Gasteiger partial charge in [0.2, 0.25) is 0 Å². The maximum atomic E-state index is 13.2. The molecule has 0 atom stereocenters. The maximum absolute atomic E-state index is 13.2. The van der Waals surface area contributed by atoms with E-state index < -0.39 is 11.7 Å². The fourth-order valence-corrected chi connectivity index (χ4v) is 5.72. The van der Waals surface area contributed by atoms with Crippen molar-refractivity contribution in [2.45, 2.75) is 13.1 Å². The molecule has 0 amide bonds. The summed E-state index contributed by atoms with van der Waals surface area (Å²) in [5.74, 6) is 0. The van der Waals surface area contributed by atoms with Crippen molar-refractivity contribution in [3.8, 4) is 34.4 Å². The molecule has 0 aliphatic heterocycles. The smallest absolute Gasteiger partial charge is 0.226 e. The topological polar surface area (TPSA) is 56.3 Å². The van der Waals surface area contributed by atoms with E-state index in [1.807, 2.05) is 61.5 Å². The molecule has 0 N–H and O–H groups in total. The lowest BCUT2D eigenvalue weighted by atomic mass is 9.88. The van der Waals surface area contributed by atoms with Gasteiger partial charge in [0.15, 0.2) is 0 Å². The largest absolute Gasteiger partial charge is 0.416 e. The summed E-state index contributed by atoms with van der Waals surface area (Å²) < 4.78 is 39.6. The van der Waals surface area contributed by atoms with Crippen LogP contribution in [0.25, 0.3) is 54.2 Å². The minimum absolute atomic E-state index is 0.136. The molecule has 0 unspecified atom stereocenters. The highest BCUT2D eigenvalue weighted by atomic mass is 19.4. The van der Waals surface area contributed by atoms with Gasteiger partial charge >= 0.3 is 6.18 Å². The molecule has 0 fully saturated rings. The van der Waals surface area contributed by atoms with E-state index in [9.17, 15) is 23.7 Å². The molecule has 0 spiro atoms. The molecule has 0 bridgehead atoms. The summed E-state index contributed by atoms with van der Waals surface area (Å²) in [5, 5.41) is 20.0. The van der Waals surface area contributed by atoms with Crippen molar-refractivity contribution in [2.75, 3.05) is 0 Å². The number of nitriles is 2. The summed E-state index contributed by atoms with van der Waals surface area (Å²) in [7, 11) is 0. The van der Waals surface area contributed by atoms with Crippen molar-refractivity contribution in [1.82, 2.24) is 0 Å². The Balaban J connectivity index is 1.65. The molecule has 4 aromatic rings. The third-order valence-corrected chi connectivity index (χ3v) is 7.71. The van der Waals surface area contributed by atoms with Crippen LogP contribution in [0.3, 0.4) is 0 Å². The van der Waals surface area contributed by atoms with E-state index in [1.165, 1.54) is 12.1 Å². The minimum atomic E-state index is -4.47. The van der Waals surface area contributed by atoms with Crippen LogP contribution < -0.4 is 0 Å². The predicted molar refractivity (Wildman–Crippen MR) is 159 cm³/mol. The van der Waals surface area contributed by atoms with Crippen LogP contribution >= 0.6 is 0 Å². The maximum Gasteiger partial charge on any atom is 0.416 e. The van der Waals surface area contributed by atoms with E-state index in [1.54, 1.807) is 18.2 Å². The van der Waals surface area contributed by atoms with Gasteiger partial charge in [-0.15, -0.1) is 0 Å². The Kier molecular flexibility index (Phi) is 6.31. The second kappa shape index (κ2) is 10.0. The monoisotopic (exact) mass is 562 g/mol. The lowest BCUT2D eigenvalue weighted by Gasteiger charge is -2.15. The quantitative estimate of drug-likeness (QED) is 0.180. The lowest BCUT2D eigenvalue weighted by Crippen LogP contribution is -2.04. The lowest BCUT2D eigenvalue weighted by molar-refractivity contribution is -0.137. The Labute approximate surface area is 245 Å². The van der Waals surface area contributed by atoms with E-state index in [-0.39, 0.29) is 11.4 Å². The second-order valence-corrected chi connectivity index (χ2v) is 10.1. The van der Waals surface area contributed by atoms with Gasteiger partial charge in [0.25, 0.3) is 11.4 Å². The van der Waals surface area contributed by atoms with Gasteiger partial charge < -0.3 is 0 Å². The number of aryl methyl sites for hydroxylation is 1. The average molecular weight is 563 g/mol. The summed E-state index contributed by atoms with van der Waals surface area (Å²) in [5.41, 5.74) is 7.51. The van der Waals surface area contributed by atoms with Gasteiger partial charge in [0.1, 0.15) is 0 Å². The van der Waals surface area contributed by atoms with Crippen molar-refractivity contribution in [3.63, 3.8) is 0 Å². The third-order valence-electron chi connectivity index (χ3n) is 7.71. The molecule has 0 saturated heterocycles. The number of rotatable bonds is 2. The molecular weight excluding hydrogens is 545 g/mol. The zero-order chi connectivity index (χ0) is 30.5. The number of allylic oxidation sites excluding steroid dienone is 6. The standard InChI is InChI=1S/C36H17F3N4/c1-20-4-6-21(7-5-20)23-10-14-26-28(16-23)34-33(31(19-41)43-3)27-15-11-24(22-8-12-25(13-9-22)36(37,38)39)17-29(27)35(34)32(26)30(18-40)42-2/h4-17H,1H3/b32-30+,33-31-. The Morgan fingerprint density at radius 2 is 1.00 bits per heavy atom. The van der Waals surface area contributed by atoms with Crippen LogP contribution in [0, 0.1) is 42.7 Å². The molecule has 43 heavy (non-hydrogen) atoms. The molecule has 0 saturated carbocycles. The number of halogens is 3. The molecule has 7 heteroatoms. The van der Waals surface area contributed by atoms with Gasteiger partial charge in [0, 0.05) is 11.1 Å². The number of fused-ring (bicyclic) bond motifs is 4. The van der Waals surface area contributed by atoms with Crippen molar-refractivity contribution in [2.24, 2.45) is 0 Å². The van der Waals surface area contributed by atoms with Gasteiger partial charge in [-0.1, -0.05) is 66.2 Å². The molecule has 0 heterocycles. The zero-order valence-corrected chi connectivity index (χ0v) is 22.5. The van der Waals surface area contributed by atoms with Crippen LogP contribution in [0.5, 0.6) is 0 Å². The van der Waals surface area contributed by atoms with Crippen molar-refractivity contribution in [1.29, 1.82) is 10.5 Å². The number of benzene rings is 4. The molecule has 0 aromatic heterocycles. The minimum Gasteiger partial charge on any atom is -0.226 e. The first-order valence-electron chi connectivity index (χ1n) is 13.0. The van der Waals surface area contributed by atoms with E-state index >= 15 is 0 Å². The molecule has 2 aliphatic carbocycles. The van der Waals surface area contributed by atoms with Crippen LogP contribution in [0.4, 0.5) is 13.2 Å². The number of nitrogens with zero attached hydrogens (tertiary/aromatic N) is 4. The third kappa shape index (κ3) is 4.29. The Morgan fingerprint density at radius 3 is 1.37 bits per heavy atom. The molecule has 6 rings (SSSR count). The molecule has 4 aromatic carbocycles. The Morgan fingerprint density at radius 1 is 0.605 bits per heavy atom. The molecule has 0 radical (unpaired) electrons. The van der Waals surface area contributed by atoms with Crippen molar-refractivity contribution < 1.29 is 13.2 Å². The number of hydrogen-bond donors (Lipinski definition) is 0. The normalized spacial score (nSPS) is 15.3. The second-order valence-electron chi connectivity index (χ2n) is 10.1. The van der Waals surface area contributed by atoms with E-state index in [2.05, 4.69) is 9.69 Å². The fourth-order valence-electron chi connectivity index (χ4n) is 5.72. The van der Waals surface area contributed by atoms with Gasteiger partial charge in [-0.2, -0.15) is 13.2 Å². The van der Waals surface area contributed by atoms with Crippen LogP contribution in [0.15, 0.2) is 96.3 Å². The summed E-state index contributed by atoms with van der Waals surface area (Å²) in [6.07, 6.45) is -4.47. The van der Waals surface area contributed by atoms with Gasteiger partial charge in [-0.05, 0) is 86.8 Å². The Hall–Kier alpha value is -6.15. The van der Waals surface area contributed by atoms with E-state index in [4.69, 9.17) is 13.1 Å². The van der Waals surface area contributed by atoms with Gasteiger partial charge in [-0.3, -0.25) is 0 Å². The fraction of sp³-hybridized carbons (Fsp3) is 0.0556. The highest BCUT2D eigenvalue weighted by Gasteiger charge is 2.40. The summed E-state index contributed by atoms with van der Waals surface area (Å²) in [6.45, 7) is 17.5. The van der Waals surface area contributed by atoms with Crippen molar-refractivity contribution in [3.05, 3.63) is 153 Å². The summed E-state index contributed by atoms with van der Waals surface area (Å²) in [6, 6.07) is 27.8. The first-order chi connectivity index (χ1) is 20.7. The molecule has 4 nitrogen and oxygen atoms in total. The number of hydrogen-bond acceptors (Lipinski definition) is 2. The van der Waals surface area contributed by atoms with Crippen LogP contribution in [0.2, 0.25) is 0 Å². The van der Waals surface area contributed by atoms with Crippen molar-refractivity contribution >= 4 is 22.3 Å². The van der Waals surface area contributed by atoms with E-state index in [0.29, 0.717) is 55.7 Å². The predicted octanol–water partition coefficient (Wildman–Crippen LogP) is 9.59. The highest BCUT2D eigenvalue weighted by Crippen LogP contribution is 2.60. The van der Waals surface area contributed by atoms with Crippen LogP contribution in [-0.2, 0) is 6.18 Å². The highest BCUT2D eigenvalue weighted by molar-refractivity contribution is 6.37.